The number of carboxylic acid groups (broad SMARTS) is 1. The van der Waals surface area contributed by atoms with Crippen LogP contribution in [0.1, 0.15) is 12.8 Å². The van der Waals surface area contributed by atoms with Gasteiger partial charge in [-0.05, 0) is 18.9 Å². The first-order valence-corrected chi connectivity index (χ1v) is 6.41. The van der Waals surface area contributed by atoms with E-state index >= 15 is 0 Å². The summed E-state index contributed by atoms with van der Waals surface area (Å²) in [7, 11) is 1.87. The zero-order chi connectivity index (χ0) is 13.4. The van der Waals surface area contributed by atoms with E-state index in [0.717, 1.165) is 29.8 Å². The third-order valence-corrected chi connectivity index (χ3v) is 3.80. The molecule has 0 amide bonds. The summed E-state index contributed by atoms with van der Waals surface area (Å²) in [5, 5.41) is 14.3. The Hall–Kier alpha value is -2.11. The van der Waals surface area contributed by atoms with E-state index in [-0.39, 0.29) is 5.92 Å². The number of piperidine rings is 1. The molecule has 3 heterocycles. The van der Waals surface area contributed by atoms with E-state index < -0.39 is 5.97 Å². The maximum Gasteiger partial charge on any atom is 0.306 e. The van der Waals surface area contributed by atoms with Crippen molar-refractivity contribution in [3.8, 4) is 0 Å². The highest BCUT2D eigenvalue weighted by Crippen LogP contribution is 2.28. The average Bonchev–Trinajstić information content (AvgIpc) is 2.81. The van der Waals surface area contributed by atoms with E-state index in [1.54, 1.807) is 10.9 Å². The van der Waals surface area contributed by atoms with Crippen molar-refractivity contribution in [3.05, 3.63) is 18.5 Å². The summed E-state index contributed by atoms with van der Waals surface area (Å²) in [6.45, 7) is 1.54. The van der Waals surface area contributed by atoms with Gasteiger partial charge >= 0.3 is 5.97 Å². The highest BCUT2D eigenvalue weighted by atomic mass is 16.4. The fraction of sp³-hybridized carbons (Fsp3) is 0.462. The number of aryl methyl sites for hydroxylation is 1. The second-order valence-corrected chi connectivity index (χ2v) is 4.94. The Kier molecular flexibility index (Phi) is 2.85. The quantitative estimate of drug-likeness (QED) is 0.880. The first kappa shape index (κ1) is 12.0. The Bertz CT molecular complexity index is 614. The smallest absolute Gasteiger partial charge is 0.306 e. The van der Waals surface area contributed by atoms with Crippen molar-refractivity contribution < 1.29 is 9.90 Å². The zero-order valence-corrected chi connectivity index (χ0v) is 10.8. The lowest BCUT2D eigenvalue weighted by atomic mass is 9.96. The van der Waals surface area contributed by atoms with Gasteiger partial charge in [-0.15, -0.1) is 0 Å². The molecule has 2 aromatic rings. The minimum atomic E-state index is -0.680. The van der Waals surface area contributed by atoms with Crippen molar-refractivity contribution in [2.75, 3.05) is 18.0 Å². The molecular formula is C13H16N4O2. The highest BCUT2D eigenvalue weighted by molar-refractivity contribution is 5.89. The van der Waals surface area contributed by atoms with E-state index in [2.05, 4.69) is 15.0 Å². The maximum atomic E-state index is 11.0. The van der Waals surface area contributed by atoms with E-state index in [4.69, 9.17) is 5.11 Å². The van der Waals surface area contributed by atoms with E-state index in [9.17, 15) is 4.79 Å². The van der Waals surface area contributed by atoms with Gasteiger partial charge < -0.3 is 10.0 Å². The number of hydrogen-bond acceptors (Lipinski definition) is 4. The van der Waals surface area contributed by atoms with Crippen molar-refractivity contribution in [1.82, 2.24) is 14.8 Å². The van der Waals surface area contributed by atoms with Gasteiger partial charge in [0.05, 0.1) is 23.2 Å². The molecule has 1 aliphatic heterocycles. The van der Waals surface area contributed by atoms with Crippen LogP contribution in [-0.2, 0) is 11.8 Å². The largest absolute Gasteiger partial charge is 0.481 e. The van der Waals surface area contributed by atoms with Crippen molar-refractivity contribution in [3.63, 3.8) is 0 Å². The number of carbonyl (C=O) groups is 1. The fourth-order valence-electron chi connectivity index (χ4n) is 2.68. The second-order valence-electron chi connectivity index (χ2n) is 4.94. The molecule has 3 rings (SSSR count). The molecule has 100 valence electrons. The summed E-state index contributed by atoms with van der Waals surface area (Å²) in [4.78, 5) is 17.5. The Labute approximate surface area is 110 Å². The van der Waals surface area contributed by atoms with Crippen molar-refractivity contribution in [1.29, 1.82) is 0 Å². The van der Waals surface area contributed by atoms with E-state index in [1.165, 1.54) is 0 Å². The van der Waals surface area contributed by atoms with Gasteiger partial charge in [0.2, 0.25) is 0 Å². The molecule has 1 fully saturated rings. The summed E-state index contributed by atoms with van der Waals surface area (Å²) in [5.74, 6) is -0.886. The lowest BCUT2D eigenvalue weighted by Gasteiger charge is -2.32. The Morgan fingerprint density at radius 3 is 2.84 bits per heavy atom. The number of fused-ring (bicyclic) bond motifs is 1. The average molecular weight is 260 g/mol. The molecule has 0 aromatic carbocycles. The van der Waals surface area contributed by atoms with Crippen LogP contribution < -0.4 is 4.90 Å². The number of rotatable bonds is 2. The number of aromatic nitrogens is 3. The number of aliphatic carboxylic acids is 1. The Balaban J connectivity index is 1.88. The molecule has 0 bridgehead atoms. The highest BCUT2D eigenvalue weighted by Gasteiger charge is 2.25. The number of anilines is 1. The number of carboxylic acids is 1. The fourth-order valence-corrected chi connectivity index (χ4v) is 2.68. The van der Waals surface area contributed by atoms with Crippen LogP contribution in [0.4, 0.5) is 5.69 Å². The first-order valence-electron chi connectivity index (χ1n) is 6.41. The van der Waals surface area contributed by atoms with Crippen molar-refractivity contribution >= 4 is 22.7 Å². The van der Waals surface area contributed by atoms with Crippen LogP contribution >= 0.6 is 0 Å². The van der Waals surface area contributed by atoms with E-state index in [1.807, 2.05) is 19.3 Å². The lowest BCUT2D eigenvalue weighted by molar-refractivity contribution is -0.142. The minimum absolute atomic E-state index is 0.206. The van der Waals surface area contributed by atoms with Gasteiger partial charge in [0.1, 0.15) is 0 Å². The van der Waals surface area contributed by atoms with Gasteiger partial charge in [0.15, 0.2) is 5.65 Å². The molecule has 2 aromatic heterocycles. The summed E-state index contributed by atoms with van der Waals surface area (Å²) < 4.78 is 1.75. The molecule has 0 unspecified atom stereocenters. The van der Waals surface area contributed by atoms with Gasteiger partial charge in [0.25, 0.3) is 0 Å². The van der Waals surface area contributed by atoms with Gasteiger partial charge in [-0.3, -0.25) is 9.48 Å². The van der Waals surface area contributed by atoms with Crippen LogP contribution in [0.3, 0.4) is 0 Å². The van der Waals surface area contributed by atoms with E-state index in [0.29, 0.717) is 12.8 Å². The van der Waals surface area contributed by atoms with Gasteiger partial charge in [0, 0.05) is 26.3 Å². The number of hydrogen-bond donors (Lipinski definition) is 1. The van der Waals surface area contributed by atoms with Crippen LogP contribution in [0.15, 0.2) is 18.5 Å². The molecule has 6 nitrogen and oxygen atoms in total. The van der Waals surface area contributed by atoms with Crippen molar-refractivity contribution in [2.24, 2.45) is 13.0 Å². The predicted molar refractivity (Wildman–Crippen MR) is 71.1 cm³/mol. The zero-order valence-electron chi connectivity index (χ0n) is 10.8. The number of pyridine rings is 1. The molecular weight excluding hydrogens is 244 g/mol. The monoisotopic (exact) mass is 260 g/mol. The SMILES string of the molecule is Cn1ncc2c(N3CCC(C(=O)O)CC3)ccnc21. The van der Waals surface area contributed by atoms with Crippen LogP contribution in [0, 0.1) is 5.92 Å². The lowest BCUT2D eigenvalue weighted by Crippen LogP contribution is -2.36. The molecule has 0 radical (unpaired) electrons. The summed E-state index contributed by atoms with van der Waals surface area (Å²) >= 11 is 0. The molecule has 1 N–H and O–H groups in total. The third-order valence-electron chi connectivity index (χ3n) is 3.80. The molecule has 0 spiro atoms. The topological polar surface area (TPSA) is 71.2 Å². The van der Waals surface area contributed by atoms with Crippen LogP contribution in [0.2, 0.25) is 0 Å². The summed E-state index contributed by atoms with van der Waals surface area (Å²) in [5.41, 5.74) is 1.96. The molecule has 19 heavy (non-hydrogen) atoms. The van der Waals surface area contributed by atoms with Crippen LogP contribution in [0.5, 0.6) is 0 Å². The first-order chi connectivity index (χ1) is 9.16. The van der Waals surface area contributed by atoms with Crippen molar-refractivity contribution in [2.45, 2.75) is 12.8 Å². The van der Waals surface area contributed by atoms with Gasteiger partial charge in [-0.1, -0.05) is 0 Å². The number of nitrogens with zero attached hydrogens (tertiary/aromatic N) is 4. The summed E-state index contributed by atoms with van der Waals surface area (Å²) in [6.07, 6.45) is 4.99. The normalized spacial score (nSPS) is 17.0. The third kappa shape index (κ3) is 2.03. The minimum Gasteiger partial charge on any atom is -0.481 e. The molecule has 1 aliphatic rings. The molecule has 0 saturated carbocycles. The molecule has 6 heteroatoms. The Morgan fingerprint density at radius 2 is 2.16 bits per heavy atom. The van der Waals surface area contributed by atoms with Gasteiger partial charge in [-0.2, -0.15) is 5.10 Å². The molecule has 0 aliphatic carbocycles. The molecule has 0 atom stereocenters. The Morgan fingerprint density at radius 1 is 1.42 bits per heavy atom. The predicted octanol–water partition coefficient (Wildman–Crippen LogP) is 1.27. The van der Waals surface area contributed by atoms with Gasteiger partial charge in [-0.25, -0.2) is 4.98 Å². The summed E-state index contributed by atoms with van der Waals surface area (Å²) in [6, 6.07) is 1.98. The maximum absolute atomic E-state index is 11.0. The van der Waals surface area contributed by atoms with Crippen LogP contribution in [-0.4, -0.2) is 38.9 Å². The van der Waals surface area contributed by atoms with Crippen LogP contribution in [0.25, 0.3) is 11.0 Å². The molecule has 1 saturated heterocycles. The second kappa shape index (κ2) is 4.53. The standard InChI is InChI=1S/C13H16N4O2/c1-16-12-10(8-15-16)11(2-5-14-12)17-6-3-9(4-7-17)13(18)19/h2,5,8-9H,3-4,6-7H2,1H3,(H,18,19).